The first kappa shape index (κ1) is 23.9. The molecule has 2 amide bonds. The standard InChI is InChI=1S/C25H19Cl2N3O3/c1-16-3-2-4-21(11-16)29-24(31)15-33-23-10-5-17(13-22(23)27)12-18(14-28)25(32)30-20-8-6-19(26)7-9-20/h2-13H,15H2,1H3,(H,29,31)(H,30,32)/b18-12+. The fraction of sp³-hybridized carbons (Fsp3) is 0.0800. The number of nitrogens with zero attached hydrogens (tertiary/aromatic N) is 1. The van der Waals surface area contributed by atoms with E-state index in [-0.39, 0.29) is 23.1 Å². The van der Waals surface area contributed by atoms with Crippen LogP contribution in [0.3, 0.4) is 0 Å². The number of ether oxygens (including phenoxy) is 1. The minimum atomic E-state index is -0.566. The number of halogens is 2. The van der Waals surface area contributed by atoms with E-state index in [0.29, 0.717) is 27.7 Å². The van der Waals surface area contributed by atoms with Crippen LogP contribution < -0.4 is 15.4 Å². The van der Waals surface area contributed by atoms with Crippen LogP contribution in [0, 0.1) is 18.3 Å². The largest absolute Gasteiger partial charge is 0.482 e. The number of rotatable bonds is 7. The normalized spacial score (nSPS) is 10.8. The molecule has 0 unspecified atom stereocenters. The van der Waals surface area contributed by atoms with Crippen molar-refractivity contribution in [2.75, 3.05) is 17.2 Å². The third kappa shape index (κ3) is 7.11. The van der Waals surface area contributed by atoms with Gasteiger partial charge in [0.05, 0.1) is 5.02 Å². The Morgan fingerprint density at radius 2 is 1.76 bits per heavy atom. The molecule has 0 heterocycles. The molecule has 0 aliphatic carbocycles. The molecular formula is C25H19Cl2N3O3. The summed E-state index contributed by atoms with van der Waals surface area (Å²) in [6, 6.07) is 20.6. The van der Waals surface area contributed by atoms with Crippen molar-refractivity contribution in [3.63, 3.8) is 0 Å². The number of aryl methyl sites for hydroxylation is 1. The van der Waals surface area contributed by atoms with Crippen LogP contribution in [-0.2, 0) is 9.59 Å². The number of nitriles is 1. The van der Waals surface area contributed by atoms with E-state index in [9.17, 15) is 14.9 Å². The summed E-state index contributed by atoms with van der Waals surface area (Å²) < 4.78 is 5.50. The molecule has 3 aromatic rings. The van der Waals surface area contributed by atoms with E-state index in [4.69, 9.17) is 27.9 Å². The molecule has 0 saturated heterocycles. The van der Waals surface area contributed by atoms with Gasteiger partial charge in [-0.25, -0.2) is 0 Å². The highest BCUT2D eigenvalue weighted by atomic mass is 35.5. The quantitative estimate of drug-likeness (QED) is 0.327. The number of amides is 2. The SMILES string of the molecule is Cc1cccc(NC(=O)COc2ccc(/C=C(\C#N)C(=O)Nc3ccc(Cl)cc3)cc2Cl)c1. The molecule has 3 rings (SSSR count). The maximum Gasteiger partial charge on any atom is 0.266 e. The monoisotopic (exact) mass is 479 g/mol. The average Bonchev–Trinajstić information content (AvgIpc) is 2.78. The number of carbonyl (C=O) groups is 2. The van der Waals surface area contributed by atoms with Crippen LogP contribution >= 0.6 is 23.2 Å². The van der Waals surface area contributed by atoms with Gasteiger partial charge in [0.15, 0.2) is 6.61 Å². The van der Waals surface area contributed by atoms with E-state index in [2.05, 4.69) is 10.6 Å². The summed E-state index contributed by atoms with van der Waals surface area (Å²) in [5, 5.41) is 15.5. The first-order valence-corrected chi connectivity index (χ1v) is 10.6. The number of anilines is 2. The Bertz CT molecular complexity index is 1250. The van der Waals surface area contributed by atoms with Gasteiger partial charge in [-0.1, -0.05) is 41.4 Å². The second-order valence-electron chi connectivity index (χ2n) is 7.03. The van der Waals surface area contributed by atoms with Gasteiger partial charge in [-0.3, -0.25) is 9.59 Å². The summed E-state index contributed by atoms with van der Waals surface area (Å²) in [6.07, 6.45) is 1.41. The molecular weight excluding hydrogens is 461 g/mol. The molecule has 6 nitrogen and oxygen atoms in total. The summed E-state index contributed by atoms with van der Waals surface area (Å²) in [6.45, 7) is 1.71. The fourth-order valence-electron chi connectivity index (χ4n) is 2.83. The molecule has 0 aliphatic rings. The van der Waals surface area contributed by atoms with Gasteiger partial charge >= 0.3 is 0 Å². The van der Waals surface area contributed by atoms with E-state index < -0.39 is 5.91 Å². The van der Waals surface area contributed by atoms with Gasteiger partial charge in [-0.2, -0.15) is 5.26 Å². The molecule has 0 aromatic heterocycles. The van der Waals surface area contributed by atoms with Crippen LogP contribution in [0.25, 0.3) is 6.08 Å². The lowest BCUT2D eigenvalue weighted by atomic mass is 10.1. The summed E-state index contributed by atoms with van der Waals surface area (Å²) in [5.74, 6) is -0.590. The first-order chi connectivity index (χ1) is 15.8. The molecule has 2 N–H and O–H groups in total. The van der Waals surface area contributed by atoms with Crippen LogP contribution in [-0.4, -0.2) is 18.4 Å². The smallest absolute Gasteiger partial charge is 0.266 e. The van der Waals surface area contributed by atoms with Crippen LogP contribution in [0.5, 0.6) is 5.75 Å². The molecule has 0 spiro atoms. The number of carbonyl (C=O) groups excluding carboxylic acids is 2. The molecule has 0 radical (unpaired) electrons. The van der Waals surface area contributed by atoms with Gasteiger partial charge in [-0.15, -0.1) is 0 Å². The van der Waals surface area contributed by atoms with Crippen LogP contribution in [0.4, 0.5) is 11.4 Å². The van der Waals surface area contributed by atoms with Gasteiger partial charge in [-0.05, 0) is 72.7 Å². The molecule has 0 fully saturated rings. The third-order valence-corrected chi connectivity index (χ3v) is 4.94. The predicted molar refractivity (Wildman–Crippen MR) is 130 cm³/mol. The van der Waals surface area contributed by atoms with Crippen molar-refractivity contribution in [2.45, 2.75) is 6.92 Å². The van der Waals surface area contributed by atoms with Crippen molar-refractivity contribution in [2.24, 2.45) is 0 Å². The molecule has 0 bridgehead atoms. The van der Waals surface area contributed by atoms with E-state index >= 15 is 0 Å². The number of hydrogen-bond donors (Lipinski definition) is 2. The van der Waals surface area contributed by atoms with Crippen molar-refractivity contribution in [3.8, 4) is 11.8 Å². The van der Waals surface area contributed by atoms with Gasteiger partial charge in [0.1, 0.15) is 17.4 Å². The highest BCUT2D eigenvalue weighted by Gasteiger charge is 2.11. The Hall–Kier alpha value is -3.79. The molecule has 33 heavy (non-hydrogen) atoms. The maximum atomic E-state index is 12.4. The molecule has 166 valence electrons. The van der Waals surface area contributed by atoms with Gasteiger partial charge in [0.2, 0.25) is 0 Å². The molecule has 0 saturated carbocycles. The molecule has 0 atom stereocenters. The Balaban J connectivity index is 1.63. The van der Waals surface area contributed by atoms with Crippen LogP contribution in [0.1, 0.15) is 11.1 Å². The Morgan fingerprint density at radius 3 is 2.42 bits per heavy atom. The van der Waals surface area contributed by atoms with E-state index in [1.54, 1.807) is 48.5 Å². The summed E-state index contributed by atoms with van der Waals surface area (Å²) in [7, 11) is 0. The molecule has 3 aromatic carbocycles. The average molecular weight is 480 g/mol. The van der Waals surface area contributed by atoms with Crippen LogP contribution in [0.15, 0.2) is 72.3 Å². The number of benzene rings is 3. The van der Waals surface area contributed by atoms with Gasteiger partial charge < -0.3 is 15.4 Å². The topological polar surface area (TPSA) is 91.2 Å². The van der Waals surface area contributed by atoms with Crippen LogP contribution in [0.2, 0.25) is 10.0 Å². The Labute approximate surface area is 201 Å². The van der Waals surface area contributed by atoms with E-state index in [1.807, 2.05) is 31.2 Å². The number of hydrogen-bond acceptors (Lipinski definition) is 4. The minimum absolute atomic E-state index is 0.104. The van der Waals surface area contributed by atoms with Crippen molar-refractivity contribution in [1.29, 1.82) is 5.26 Å². The summed E-state index contributed by atoms with van der Waals surface area (Å²) >= 11 is 12.1. The zero-order valence-electron chi connectivity index (χ0n) is 17.6. The van der Waals surface area contributed by atoms with Gasteiger partial charge in [0.25, 0.3) is 11.8 Å². The number of nitrogens with one attached hydrogen (secondary N) is 2. The minimum Gasteiger partial charge on any atom is -0.482 e. The highest BCUT2D eigenvalue weighted by molar-refractivity contribution is 6.32. The second kappa shape index (κ2) is 11.2. The molecule has 0 aliphatic heterocycles. The first-order valence-electron chi connectivity index (χ1n) is 9.81. The zero-order valence-corrected chi connectivity index (χ0v) is 19.1. The Kier molecular flexibility index (Phi) is 8.09. The lowest BCUT2D eigenvalue weighted by molar-refractivity contribution is -0.118. The van der Waals surface area contributed by atoms with Crippen molar-refractivity contribution < 1.29 is 14.3 Å². The summed E-state index contributed by atoms with van der Waals surface area (Å²) in [5.41, 5.74) is 2.64. The van der Waals surface area contributed by atoms with Crippen molar-refractivity contribution >= 4 is 52.5 Å². The third-order valence-electron chi connectivity index (χ3n) is 4.39. The Morgan fingerprint density at radius 1 is 1.00 bits per heavy atom. The van der Waals surface area contributed by atoms with E-state index in [1.165, 1.54) is 6.08 Å². The maximum absolute atomic E-state index is 12.4. The molecule has 8 heteroatoms. The van der Waals surface area contributed by atoms with Crippen molar-refractivity contribution in [3.05, 3.63) is 93.5 Å². The lowest BCUT2D eigenvalue weighted by Crippen LogP contribution is -2.20. The second-order valence-corrected chi connectivity index (χ2v) is 7.87. The van der Waals surface area contributed by atoms with E-state index in [0.717, 1.165) is 5.56 Å². The zero-order chi connectivity index (χ0) is 23.8. The highest BCUT2D eigenvalue weighted by Crippen LogP contribution is 2.27. The summed E-state index contributed by atoms with van der Waals surface area (Å²) in [4.78, 5) is 24.5. The van der Waals surface area contributed by atoms with Gasteiger partial charge in [0, 0.05) is 16.4 Å². The lowest BCUT2D eigenvalue weighted by Gasteiger charge is -2.10. The predicted octanol–water partition coefficient (Wildman–Crippen LogP) is 5.87. The van der Waals surface area contributed by atoms with Crippen molar-refractivity contribution in [1.82, 2.24) is 0 Å². The fourth-order valence-corrected chi connectivity index (χ4v) is 3.20.